The van der Waals surface area contributed by atoms with Gasteiger partial charge in [-0.25, -0.2) is 9.18 Å². The lowest BCUT2D eigenvalue weighted by Gasteiger charge is -2.50. The third-order valence-corrected chi connectivity index (χ3v) is 8.99. The van der Waals surface area contributed by atoms with Gasteiger partial charge in [0.25, 0.3) is 5.91 Å². The van der Waals surface area contributed by atoms with E-state index in [-0.39, 0.29) is 27.3 Å². The van der Waals surface area contributed by atoms with Crippen LogP contribution in [0.15, 0.2) is 78.4 Å². The molecule has 3 N–H and O–H groups in total. The van der Waals surface area contributed by atoms with Crippen molar-refractivity contribution in [1.82, 2.24) is 4.90 Å². The average Bonchev–Trinajstić information content (AvgIpc) is 3.34. The molecular weight excluding hydrogens is 541 g/mol. The molecule has 1 amide bonds. The molecule has 1 unspecified atom stereocenters. The minimum absolute atomic E-state index is 0.0390. The van der Waals surface area contributed by atoms with E-state index in [2.05, 4.69) is 43.6 Å². The van der Waals surface area contributed by atoms with Crippen molar-refractivity contribution in [3.63, 3.8) is 0 Å². The second-order valence-corrected chi connectivity index (χ2v) is 12.2. The van der Waals surface area contributed by atoms with Crippen LogP contribution in [-0.4, -0.2) is 35.0 Å². The van der Waals surface area contributed by atoms with Crippen molar-refractivity contribution >= 4 is 40.4 Å². The first-order valence-electron chi connectivity index (χ1n) is 13.6. The van der Waals surface area contributed by atoms with E-state index >= 15 is 0 Å². The summed E-state index contributed by atoms with van der Waals surface area (Å²) in [6.45, 7) is 7.67. The number of carbonyl (C=O) groups excluding carboxylic acids is 1. The summed E-state index contributed by atoms with van der Waals surface area (Å²) in [6, 6.07) is 17.4. The molecule has 0 spiro atoms. The summed E-state index contributed by atoms with van der Waals surface area (Å²) in [7, 11) is 0. The molecule has 41 heavy (non-hydrogen) atoms. The molecule has 3 aliphatic rings. The molecule has 8 heteroatoms. The predicted molar refractivity (Wildman–Crippen MR) is 160 cm³/mol. The fourth-order valence-electron chi connectivity index (χ4n) is 6.76. The number of halogens is 2. The quantitative estimate of drug-likeness (QED) is 0.281. The Morgan fingerprint density at radius 1 is 1.00 bits per heavy atom. The van der Waals surface area contributed by atoms with Crippen LogP contribution in [0.25, 0.3) is 5.57 Å². The molecule has 0 saturated heterocycles. The maximum Gasteiger partial charge on any atom is 0.335 e. The van der Waals surface area contributed by atoms with Gasteiger partial charge in [-0.15, -0.1) is 0 Å². The first-order chi connectivity index (χ1) is 19.5. The fraction of sp³-hybridized carbons (Fsp3) is 0.273. The second kappa shape index (κ2) is 9.77. The summed E-state index contributed by atoms with van der Waals surface area (Å²) >= 11 is 5.99. The molecule has 1 aliphatic carbocycles. The maximum absolute atomic E-state index is 14.1. The molecule has 2 heterocycles. The van der Waals surface area contributed by atoms with Crippen LogP contribution in [0.2, 0.25) is 5.02 Å². The number of carboxylic acids is 1. The molecule has 2 atom stereocenters. The van der Waals surface area contributed by atoms with E-state index in [0.29, 0.717) is 30.0 Å². The van der Waals surface area contributed by atoms with E-state index in [1.54, 1.807) is 18.2 Å². The van der Waals surface area contributed by atoms with Gasteiger partial charge in [-0.05, 0) is 41.8 Å². The van der Waals surface area contributed by atoms with E-state index in [1.165, 1.54) is 11.6 Å². The first-order valence-corrected chi connectivity index (χ1v) is 14.0. The van der Waals surface area contributed by atoms with E-state index in [1.807, 2.05) is 41.3 Å². The molecule has 0 radical (unpaired) electrons. The number of amides is 1. The molecule has 6 rings (SSSR count). The monoisotopic (exact) mass is 571 g/mol. The standard InChI is InChI=1S/C33H31ClFN3O3/c1-32(2)23(19-8-10-20(11-9-19)31(40)41)12-14-33(3)18-38(15-13-28(32)33)30(39)22-7-5-4-6-21(22)29-36-26-16-24(34)25(35)17-27(26)37-29/h4-13,16-17,29,36-37H,14-15,18H2,1-3H3,(H,40,41)/t29?,33-/m1/s1. The van der Waals surface area contributed by atoms with Crippen molar-refractivity contribution in [1.29, 1.82) is 0 Å². The van der Waals surface area contributed by atoms with Gasteiger partial charge < -0.3 is 20.6 Å². The summed E-state index contributed by atoms with van der Waals surface area (Å²) < 4.78 is 14.1. The van der Waals surface area contributed by atoms with Crippen LogP contribution in [0.4, 0.5) is 15.8 Å². The van der Waals surface area contributed by atoms with Gasteiger partial charge in [-0.1, -0.05) is 80.4 Å². The smallest absolute Gasteiger partial charge is 0.335 e. The zero-order chi connectivity index (χ0) is 29.1. The van der Waals surface area contributed by atoms with Gasteiger partial charge in [0.1, 0.15) is 12.0 Å². The van der Waals surface area contributed by atoms with Gasteiger partial charge in [-0.3, -0.25) is 4.79 Å². The van der Waals surface area contributed by atoms with Gasteiger partial charge in [0, 0.05) is 41.1 Å². The zero-order valence-corrected chi connectivity index (χ0v) is 23.8. The van der Waals surface area contributed by atoms with Crippen LogP contribution in [0.3, 0.4) is 0 Å². The third kappa shape index (κ3) is 4.58. The van der Waals surface area contributed by atoms with E-state index in [9.17, 15) is 19.1 Å². The Labute approximate surface area is 243 Å². The number of benzene rings is 3. The second-order valence-electron chi connectivity index (χ2n) is 11.8. The highest BCUT2D eigenvalue weighted by Crippen LogP contribution is 2.55. The zero-order valence-electron chi connectivity index (χ0n) is 23.1. The highest BCUT2D eigenvalue weighted by Gasteiger charge is 2.46. The van der Waals surface area contributed by atoms with Gasteiger partial charge in [-0.2, -0.15) is 0 Å². The number of fused-ring (bicyclic) bond motifs is 2. The van der Waals surface area contributed by atoms with Crippen LogP contribution in [-0.2, 0) is 0 Å². The number of nitrogens with one attached hydrogen (secondary N) is 2. The Bertz CT molecular complexity index is 1610. The van der Waals surface area contributed by atoms with Crippen LogP contribution in [0, 0.1) is 16.6 Å². The van der Waals surface area contributed by atoms with Crippen LogP contribution in [0.5, 0.6) is 0 Å². The lowest BCUT2D eigenvalue weighted by Crippen LogP contribution is -2.49. The van der Waals surface area contributed by atoms with Crippen LogP contribution < -0.4 is 10.6 Å². The highest BCUT2D eigenvalue weighted by molar-refractivity contribution is 6.31. The summed E-state index contributed by atoms with van der Waals surface area (Å²) in [6.07, 6.45) is 4.79. The summed E-state index contributed by atoms with van der Waals surface area (Å²) in [5, 5.41) is 15.9. The Balaban J connectivity index is 1.25. The number of aromatic carboxylic acids is 1. The number of carbonyl (C=O) groups is 2. The van der Waals surface area contributed by atoms with Crippen molar-refractivity contribution in [2.75, 3.05) is 23.7 Å². The Hall–Kier alpha value is -4.10. The van der Waals surface area contributed by atoms with E-state index in [4.69, 9.17) is 11.6 Å². The number of hydrogen-bond donors (Lipinski definition) is 3. The minimum atomic E-state index is -0.940. The summed E-state index contributed by atoms with van der Waals surface area (Å²) in [5.74, 6) is -1.50. The lowest BCUT2D eigenvalue weighted by atomic mass is 9.58. The van der Waals surface area contributed by atoms with Gasteiger partial charge >= 0.3 is 5.97 Å². The number of anilines is 2. The SMILES string of the molecule is CC1(C)C(c2ccc(C(=O)O)cc2)=CC[C@]2(C)CN(C(=O)c3ccccc3C3Nc4cc(F)c(Cl)cc4N3)CC=C12. The molecule has 3 aromatic carbocycles. The maximum atomic E-state index is 14.1. The lowest BCUT2D eigenvalue weighted by molar-refractivity contribution is 0.0677. The molecule has 0 aromatic heterocycles. The molecule has 210 valence electrons. The van der Waals surface area contributed by atoms with E-state index in [0.717, 1.165) is 23.1 Å². The molecule has 2 aliphatic heterocycles. The summed E-state index contributed by atoms with van der Waals surface area (Å²) in [4.78, 5) is 27.2. The Kier molecular flexibility index (Phi) is 6.46. The molecule has 0 saturated carbocycles. The van der Waals surface area contributed by atoms with Crippen molar-refractivity contribution in [3.8, 4) is 0 Å². The van der Waals surface area contributed by atoms with Crippen LogP contribution >= 0.6 is 11.6 Å². The first kappa shape index (κ1) is 27.1. The van der Waals surface area contributed by atoms with Gasteiger partial charge in [0.15, 0.2) is 0 Å². The van der Waals surface area contributed by atoms with Crippen molar-refractivity contribution in [3.05, 3.63) is 111 Å². The van der Waals surface area contributed by atoms with Crippen molar-refractivity contribution < 1.29 is 19.1 Å². The van der Waals surface area contributed by atoms with Crippen molar-refractivity contribution in [2.24, 2.45) is 10.8 Å². The molecule has 0 fully saturated rings. The largest absolute Gasteiger partial charge is 0.478 e. The number of nitrogens with zero attached hydrogens (tertiary/aromatic N) is 1. The average molecular weight is 572 g/mol. The van der Waals surface area contributed by atoms with Crippen molar-refractivity contribution in [2.45, 2.75) is 33.4 Å². The fourth-order valence-corrected chi connectivity index (χ4v) is 6.92. The predicted octanol–water partition coefficient (Wildman–Crippen LogP) is 7.62. The van der Waals surface area contributed by atoms with Crippen LogP contribution in [0.1, 0.15) is 65.2 Å². The number of allylic oxidation sites excluding steroid dienone is 2. The van der Waals surface area contributed by atoms with Gasteiger partial charge in [0.05, 0.1) is 22.0 Å². The number of rotatable bonds is 4. The number of carboxylic acid groups (broad SMARTS) is 1. The third-order valence-electron chi connectivity index (χ3n) is 8.70. The Morgan fingerprint density at radius 2 is 1.68 bits per heavy atom. The molecular formula is C33H31ClFN3O3. The Morgan fingerprint density at radius 3 is 2.39 bits per heavy atom. The number of hydrogen-bond acceptors (Lipinski definition) is 4. The topological polar surface area (TPSA) is 81.7 Å². The minimum Gasteiger partial charge on any atom is -0.478 e. The molecule has 3 aromatic rings. The molecule has 6 nitrogen and oxygen atoms in total. The summed E-state index contributed by atoms with van der Waals surface area (Å²) in [5.41, 5.74) is 5.84. The molecule has 0 bridgehead atoms. The van der Waals surface area contributed by atoms with E-state index < -0.39 is 18.0 Å². The van der Waals surface area contributed by atoms with Gasteiger partial charge in [0.2, 0.25) is 0 Å². The highest BCUT2D eigenvalue weighted by atomic mass is 35.5. The normalized spacial score (nSPS) is 22.5.